The molecule has 0 saturated heterocycles. The van der Waals surface area contributed by atoms with Crippen LogP contribution in [0.5, 0.6) is 5.75 Å². The number of nitrogens with one attached hydrogen (secondary N) is 2. The molecule has 0 fully saturated rings. The zero-order valence-electron chi connectivity index (χ0n) is 11.4. The quantitative estimate of drug-likeness (QED) is 0.747. The van der Waals surface area contributed by atoms with E-state index in [9.17, 15) is 0 Å². The second-order valence-electron chi connectivity index (χ2n) is 4.69. The summed E-state index contributed by atoms with van der Waals surface area (Å²) in [6, 6.07) is 10.1. The minimum atomic E-state index is 0.808. The van der Waals surface area contributed by atoms with Gasteiger partial charge >= 0.3 is 0 Å². The van der Waals surface area contributed by atoms with Crippen LogP contribution in [0.15, 0.2) is 48.9 Å². The first-order chi connectivity index (χ1) is 9.86. The lowest BCUT2D eigenvalue weighted by atomic mass is 10.1. The molecule has 0 spiro atoms. The van der Waals surface area contributed by atoms with Crippen molar-refractivity contribution in [3.05, 3.63) is 60.0 Å². The van der Waals surface area contributed by atoms with Crippen LogP contribution < -0.4 is 10.1 Å². The molecular weight excluding hydrogens is 250 g/mol. The van der Waals surface area contributed by atoms with Crippen LogP contribution in [-0.2, 0) is 13.1 Å². The highest BCUT2D eigenvalue weighted by molar-refractivity contribution is 5.84. The molecule has 0 unspecified atom stereocenters. The lowest BCUT2D eigenvalue weighted by molar-refractivity contribution is 0.415. The van der Waals surface area contributed by atoms with Gasteiger partial charge in [-0.15, -0.1) is 0 Å². The highest BCUT2D eigenvalue weighted by atomic mass is 16.5. The SMILES string of the molecule is COc1ccc2[nH]cc(CNCc3cccnc3)c2c1. The topological polar surface area (TPSA) is 49.9 Å². The normalized spacial score (nSPS) is 10.8. The van der Waals surface area contributed by atoms with Gasteiger partial charge in [-0.3, -0.25) is 4.98 Å². The third-order valence-corrected chi connectivity index (χ3v) is 3.34. The minimum Gasteiger partial charge on any atom is -0.497 e. The number of hydrogen-bond acceptors (Lipinski definition) is 3. The van der Waals surface area contributed by atoms with E-state index in [1.165, 1.54) is 16.5 Å². The monoisotopic (exact) mass is 267 g/mol. The molecule has 4 nitrogen and oxygen atoms in total. The lowest BCUT2D eigenvalue weighted by Gasteiger charge is -2.04. The molecule has 0 radical (unpaired) electrons. The Balaban J connectivity index is 1.71. The molecule has 0 aliphatic heterocycles. The van der Waals surface area contributed by atoms with Crippen LogP contribution >= 0.6 is 0 Å². The van der Waals surface area contributed by atoms with Crippen molar-refractivity contribution in [1.29, 1.82) is 0 Å². The van der Waals surface area contributed by atoms with Crippen molar-refractivity contribution in [3.63, 3.8) is 0 Å². The van der Waals surface area contributed by atoms with Crippen LogP contribution in [0.2, 0.25) is 0 Å². The van der Waals surface area contributed by atoms with E-state index in [-0.39, 0.29) is 0 Å². The van der Waals surface area contributed by atoms with Gasteiger partial charge in [0.25, 0.3) is 0 Å². The lowest BCUT2D eigenvalue weighted by Crippen LogP contribution is -2.12. The average Bonchev–Trinajstić information content (AvgIpc) is 2.91. The van der Waals surface area contributed by atoms with Crippen LogP contribution in [0.3, 0.4) is 0 Å². The van der Waals surface area contributed by atoms with E-state index >= 15 is 0 Å². The predicted molar refractivity (Wildman–Crippen MR) is 79.6 cm³/mol. The largest absolute Gasteiger partial charge is 0.497 e. The van der Waals surface area contributed by atoms with Gasteiger partial charge in [0, 0.05) is 42.6 Å². The summed E-state index contributed by atoms with van der Waals surface area (Å²) in [5.41, 5.74) is 3.55. The Morgan fingerprint density at radius 1 is 1.25 bits per heavy atom. The highest BCUT2D eigenvalue weighted by Crippen LogP contribution is 2.23. The van der Waals surface area contributed by atoms with Crippen molar-refractivity contribution in [3.8, 4) is 5.75 Å². The number of benzene rings is 1. The maximum Gasteiger partial charge on any atom is 0.119 e. The summed E-state index contributed by atoms with van der Waals surface area (Å²) in [5, 5.41) is 4.63. The Kier molecular flexibility index (Phi) is 3.65. The van der Waals surface area contributed by atoms with Crippen molar-refractivity contribution in [2.75, 3.05) is 7.11 Å². The van der Waals surface area contributed by atoms with E-state index in [2.05, 4.69) is 27.4 Å². The van der Waals surface area contributed by atoms with Gasteiger partial charge in [-0.05, 0) is 35.4 Å². The molecular formula is C16H17N3O. The van der Waals surface area contributed by atoms with Gasteiger partial charge < -0.3 is 15.0 Å². The molecule has 102 valence electrons. The summed E-state index contributed by atoms with van der Waals surface area (Å²) >= 11 is 0. The number of hydrogen-bond donors (Lipinski definition) is 2. The molecule has 20 heavy (non-hydrogen) atoms. The summed E-state index contributed by atoms with van der Waals surface area (Å²) < 4.78 is 5.28. The Hall–Kier alpha value is -2.33. The Morgan fingerprint density at radius 3 is 3.00 bits per heavy atom. The Labute approximate surface area is 117 Å². The molecule has 0 saturated carbocycles. The van der Waals surface area contributed by atoms with Gasteiger partial charge in [-0.2, -0.15) is 0 Å². The van der Waals surface area contributed by atoms with E-state index in [4.69, 9.17) is 4.74 Å². The van der Waals surface area contributed by atoms with Crippen molar-refractivity contribution >= 4 is 10.9 Å². The van der Waals surface area contributed by atoms with Gasteiger partial charge in [0.05, 0.1) is 7.11 Å². The van der Waals surface area contributed by atoms with Crippen molar-refractivity contribution in [2.24, 2.45) is 0 Å². The predicted octanol–water partition coefficient (Wildman–Crippen LogP) is 2.86. The van der Waals surface area contributed by atoms with Gasteiger partial charge in [-0.1, -0.05) is 6.07 Å². The first kappa shape index (κ1) is 12.7. The first-order valence-corrected chi connectivity index (χ1v) is 6.60. The van der Waals surface area contributed by atoms with Crippen LogP contribution in [-0.4, -0.2) is 17.1 Å². The number of aromatic amines is 1. The Morgan fingerprint density at radius 2 is 2.20 bits per heavy atom. The molecule has 2 N–H and O–H groups in total. The van der Waals surface area contributed by atoms with Crippen LogP contribution in [0.4, 0.5) is 0 Å². The van der Waals surface area contributed by atoms with Crippen molar-refractivity contribution in [2.45, 2.75) is 13.1 Å². The second-order valence-corrected chi connectivity index (χ2v) is 4.69. The number of fused-ring (bicyclic) bond motifs is 1. The zero-order chi connectivity index (χ0) is 13.8. The summed E-state index contributed by atoms with van der Waals surface area (Å²) in [6.07, 6.45) is 5.71. The van der Waals surface area contributed by atoms with Crippen LogP contribution in [0, 0.1) is 0 Å². The number of nitrogens with zero attached hydrogens (tertiary/aromatic N) is 1. The first-order valence-electron chi connectivity index (χ1n) is 6.60. The second kappa shape index (κ2) is 5.75. The molecule has 3 rings (SSSR count). The molecule has 2 aromatic heterocycles. The van der Waals surface area contributed by atoms with Crippen molar-refractivity contribution < 1.29 is 4.74 Å². The average molecular weight is 267 g/mol. The fraction of sp³-hybridized carbons (Fsp3) is 0.188. The molecule has 0 bridgehead atoms. The third kappa shape index (κ3) is 2.65. The number of rotatable bonds is 5. The summed E-state index contributed by atoms with van der Waals surface area (Å²) in [7, 11) is 1.69. The number of aromatic nitrogens is 2. The number of pyridine rings is 1. The standard InChI is InChI=1S/C16H17N3O/c1-20-14-4-5-16-15(7-14)13(11-19-16)10-18-9-12-3-2-6-17-8-12/h2-8,11,18-19H,9-10H2,1H3. The van der Waals surface area contributed by atoms with E-state index < -0.39 is 0 Å². The van der Waals surface area contributed by atoms with E-state index in [0.717, 1.165) is 24.4 Å². The zero-order valence-corrected chi connectivity index (χ0v) is 11.4. The number of H-pyrrole nitrogens is 1. The van der Waals surface area contributed by atoms with Gasteiger partial charge in [-0.25, -0.2) is 0 Å². The van der Waals surface area contributed by atoms with E-state index in [0.29, 0.717) is 0 Å². The number of methoxy groups -OCH3 is 1. The smallest absolute Gasteiger partial charge is 0.119 e. The fourth-order valence-corrected chi connectivity index (χ4v) is 2.27. The molecule has 0 atom stereocenters. The minimum absolute atomic E-state index is 0.808. The molecule has 4 heteroatoms. The molecule has 2 heterocycles. The van der Waals surface area contributed by atoms with Gasteiger partial charge in [0.15, 0.2) is 0 Å². The van der Waals surface area contributed by atoms with Crippen LogP contribution in [0.1, 0.15) is 11.1 Å². The molecule has 0 amide bonds. The summed E-state index contributed by atoms with van der Waals surface area (Å²) in [4.78, 5) is 7.39. The number of ether oxygens (including phenoxy) is 1. The third-order valence-electron chi connectivity index (χ3n) is 3.34. The maximum atomic E-state index is 5.28. The van der Waals surface area contributed by atoms with Gasteiger partial charge in [0.2, 0.25) is 0 Å². The molecule has 1 aromatic carbocycles. The van der Waals surface area contributed by atoms with Crippen LogP contribution in [0.25, 0.3) is 10.9 Å². The van der Waals surface area contributed by atoms with E-state index in [1.807, 2.05) is 30.6 Å². The fourth-order valence-electron chi connectivity index (χ4n) is 2.27. The molecule has 0 aliphatic rings. The maximum absolute atomic E-state index is 5.28. The molecule has 3 aromatic rings. The van der Waals surface area contributed by atoms with Crippen molar-refractivity contribution in [1.82, 2.24) is 15.3 Å². The van der Waals surface area contributed by atoms with Gasteiger partial charge in [0.1, 0.15) is 5.75 Å². The highest BCUT2D eigenvalue weighted by Gasteiger charge is 2.04. The summed E-state index contributed by atoms with van der Waals surface area (Å²) in [6.45, 7) is 1.62. The van der Waals surface area contributed by atoms with E-state index in [1.54, 1.807) is 13.3 Å². The Bertz CT molecular complexity index is 691. The summed E-state index contributed by atoms with van der Waals surface area (Å²) in [5.74, 6) is 0.880. The molecule has 0 aliphatic carbocycles.